The number of rotatable bonds is 35. The minimum atomic E-state index is -4.16. The molecule has 504 valence electrons. The highest BCUT2D eigenvalue weighted by Gasteiger charge is 2.32. The summed E-state index contributed by atoms with van der Waals surface area (Å²) in [4.78, 5) is 91.4. The van der Waals surface area contributed by atoms with Crippen LogP contribution in [0.15, 0.2) is 123 Å². The van der Waals surface area contributed by atoms with E-state index in [9.17, 15) is 45.6 Å². The standard InChI is InChI=1S/C64H86N12O14S3/c1-40-32-42(3)55(43(4)33-40)92(83,84)75-61(66)68-30-14-19-51(57(65)77)71-60(80)54(39-91-38-48-23-27-50(88-8)28-24-48)73-58(78)52(18-12-13-29-70-63(81)89-36-46-16-10-9-11-17-46)72-59(79)53(74-64(82)90-37-47-21-25-49(87-7)26-22-47)20-15-31-69-62(67)76-93(85,86)56-44(5)34-41(2)35-45(56)6/h9-11,16-17,21-28,32-35,51-54H,12-15,18-20,29-31,36-39H2,1-8H3,(H2,65,77)(H,70,81)(H,71,80)(H,72,79)(H,73,78)(H,74,82)(H3,66,68,75)(H3,67,69,76)/t51-,52-,53-,54-/m0/s1. The number of ether oxygens (including phenoxy) is 4. The Hall–Kier alpha value is -9.09. The molecule has 0 aliphatic carbocycles. The van der Waals surface area contributed by atoms with Crippen molar-refractivity contribution in [2.24, 2.45) is 27.2 Å². The number of aliphatic imine (C=N–C) groups is 2. The van der Waals surface area contributed by atoms with Crippen molar-refractivity contribution < 1.29 is 64.6 Å². The zero-order chi connectivity index (χ0) is 68.3. The van der Waals surface area contributed by atoms with Gasteiger partial charge in [0.25, 0.3) is 20.0 Å². The number of methoxy groups -OCH3 is 2. The number of primary amides is 1. The summed E-state index contributed by atoms with van der Waals surface area (Å²) in [6.45, 7) is 10.0. The molecule has 5 aromatic carbocycles. The van der Waals surface area contributed by atoms with Gasteiger partial charge in [0, 0.05) is 31.1 Å². The molecule has 0 radical (unpaired) electrons. The summed E-state index contributed by atoms with van der Waals surface area (Å²) >= 11 is 1.27. The summed E-state index contributed by atoms with van der Waals surface area (Å²) < 4.78 is 79.5. The van der Waals surface area contributed by atoms with Crippen LogP contribution in [0, 0.1) is 41.5 Å². The van der Waals surface area contributed by atoms with Crippen LogP contribution in [0.5, 0.6) is 11.5 Å². The molecule has 13 N–H and O–H groups in total. The van der Waals surface area contributed by atoms with E-state index in [1.54, 1.807) is 100 Å². The van der Waals surface area contributed by atoms with Crippen molar-refractivity contribution in [3.05, 3.63) is 153 Å². The number of hydrogen-bond donors (Lipinski definition) is 10. The van der Waals surface area contributed by atoms with E-state index in [1.807, 2.05) is 44.2 Å². The lowest BCUT2D eigenvalue weighted by molar-refractivity contribution is -0.133. The number of amides is 6. The number of sulfonamides is 2. The lowest BCUT2D eigenvalue weighted by Crippen LogP contribution is -2.58. The molecule has 5 rings (SSSR count). The van der Waals surface area contributed by atoms with Gasteiger partial charge >= 0.3 is 12.2 Å². The maximum atomic E-state index is 14.8. The summed E-state index contributed by atoms with van der Waals surface area (Å²) in [7, 11) is -5.25. The van der Waals surface area contributed by atoms with Crippen molar-refractivity contribution in [2.45, 2.75) is 139 Å². The van der Waals surface area contributed by atoms with Gasteiger partial charge in [-0.3, -0.25) is 29.2 Å². The molecular formula is C64H86N12O14S3. The number of guanidine groups is 2. The van der Waals surface area contributed by atoms with Gasteiger partial charge in [-0.05, 0) is 150 Å². The Labute approximate surface area is 548 Å². The van der Waals surface area contributed by atoms with Crippen LogP contribution in [0.2, 0.25) is 0 Å². The predicted molar refractivity (Wildman–Crippen MR) is 356 cm³/mol. The number of hydrogen-bond acceptors (Lipinski definition) is 17. The Bertz CT molecular complexity index is 3610. The van der Waals surface area contributed by atoms with Gasteiger partial charge in [0.15, 0.2) is 0 Å². The van der Waals surface area contributed by atoms with Crippen molar-refractivity contribution in [1.29, 1.82) is 0 Å². The van der Waals surface area contributed by atoms with E-state index in [0.717, 1.165) is 22.3 Å². The summed E-state index contributed by atoms with van der Waals surface area (Å²) in [5.74, 6) is -2.81. The molecule has 26 nitrogen and oxygen atoms in total. The number of aryl methyl sites for hydroxylation is 6. The molecule has 0 aliphatic rings. The van der Waals surface area contributed by atoms with Crippen molar-refractivity contribution in [3.8, 4) is 11.5 Å². The molecular weight excluding hydrogens is 1260 g/mol. The van der Waals surface area contributed by atoms with Crippen molar-refractivity contribution >= 4 is 79.5 Å². The Morgan fingerprint density at radius 1 is 0.495 bits per heavy atom. The van der Waals surface area contributed by atoms with Crippen molar-refractivity contribution in [3.63, 3.8) is 0 Å². The van der Waals surface area contributed by atoms with Gasteiger partial charge in [-0.2, -0.15) is 11.8 Å². The molecule has 0 aromatic heterocycles. The predicted octanol–water partition coefficient (Wildman–Crippen LogP) is 5.27. The topological polar surface area (TPSA) is 395 Å². The Kier molecular flexibility index (Phi) is 29.6. The lowest BCUT2D eigenvalue weighted by Gasteiger charge is -2.26. The minimum absolute atomic E-state index is 0.0229. The molecule has 5 aromatic rings. The first-order valence-electron chi connectivity index (χ1n) is 29.9. The van der Waals surface area contributed by atoms with E-state index in [0.29, 0.717) is 45.1 Å². The fourth-order valence-corrected chi connectivity index (χ4v) is 13.8. The summed E-state index contributed by atoms with van der Waals surface area (Å²) in [6.07, 6.45) is -1.38. The molecule has 0 spiro atoms. The molecule has 93 heavy (non-hydrogen) atoms. The molecule has 0 saturated heterocycles. The van der Waals surface area contributed by atoms with Gasteiger partial charge in [0.05, 0.1) is 24.0 Å². The fourth-order valence-electron chi connectivity index (χ4n) is 9.95. The number of nitrogens with one attached hydrogen (secondary N) is 7. The van der Waals surface area contributed by atoms with Gasteiger partial charge in [-0.15, -0.1) is 0 Å². The number of benzene rings is 5. The highest BCUT2D eigenvalue weighted by Crippen LogP contribution is 2.24. The Morgan fingerprint density at radius 2 is 0.903 bits per heavy atom. The second-order valence-electron chi connectivity index (χ2n) is 22.0. The third-order valence-corrected chi connectivity index (χ3v) is 18.7. The molecule has 0 aliphatic heterocycles. The fraction of sp³-hybridized carbons (Fsp3) is 0.406. The third kappa shape index (κ3) is 25.1. The highest BCUT2D eigenvalue weighted by molar-refractivity contribution is 7.98. The Morgan fingerprint density at radius 3 is 1.39 bits per heavy atom. The van der Waals surface area contributed by atoms with Crippen LogP contribution in [0.25, 0.3) is 0 Å². The minimum Gasteiger partial charge on any atom is -0.497 e. The maximum absolute atomic E-state index is 14.8. The molecule has 6 amide bonds. The lowest BCUT2D eigenvalue weighted by atomic mass is 10.1. The van der Waals surface area contributed by atoms with Crippen LogP contribution in [-0.2, 0) is 67.7 Å². The van der Waals surface area contributed by atoms with Crippen LogP contribution < -0.4 is 62.7 Å². The molecule has 29 heteroatoms. The number of thioether (sulfide) groups is 1. The van der Waals surface area contributed by atoms with Crippen LogP contribution in [0.1, 0.15) is 95.0 Å². The second kappa shape index (κ2) is 36.8. The average molecular weight is 1340 g/mol. The number of unbranched alkanes of at least 4 members (excludes halogenated alkanes) is 1. The van der Waals surface area contributed by atoms with E-state index in [4.69, 9.17) is 36.1 Å². The van der Waals surface area contributed by atoms with Crippen LogP contribution in [-0.4, -0.2) is 128 Å². The van der Waals surface area contributed by atoms with Gasteiger partial charge in [-0.25, -0.2) is 35.9 Å². The van der Waals surface area contributed by atoms with E-state index >= 15 is 0 Å². The zero-order valence-electron chi connectivity index (χ0n) is 53.6. The van der Waals surface area contributed by atoms with Gasteiger partial charge in [-0.1, -0.05) is 90.0 Å². The van der Waals surface area contributed by atoms with E-state index in [2.05, 4.69) is 46.0 Å². The molecule has 0 unspecified atom stereocenters. The normalized spacial score (nSPS) is 13.0. The molecule has 0 fully saturated rings. The largest absolute Gasteiger partial charge is 0.497 e. The second-order valence-corrected chi connectivity index (χ2v) is 26.3. The first-order valence-corrected chi connectivity index (χ1v) is 34.0. The highest BCUT2D eigenvalue weighted by atomic mass is 32.2. The number of carbonyl (C=O) groups is 6. The van der Waals surface area contributed by atoms with E-state index in [-0.39, 0.29) is 93.3 Å². The van der Waals surface area contributed by atoms with Gasteiger partial charge < -0.3 is 62.7 Å². The number of nitrogens with two attached hydrogens (primary N) is 3. The van der Waals surface area contributed by atoms with E-state index in [1.165, 1.54) is 26.0 Å². The number of alkyl carbamates (subject to hydrolysis) is 2. The maximum Gasteiger partial charge on any atom is 0.408 e. The Balaban J connectivity index is 1.37. The number of nitrogens with zero attached hydrogens (tertiary/aromatic N) is 2. The average Bonchev–Trinajstić information content (AvgIpc) is 0.822. The van der Waals surface area contributed by atoms with Crippen molar-refractivity contribution in [1.82, 2.24) is 36.0 Å². The number of carbonyl (C=O) groups excluding carboxylic acids is 6. The zero-order valence-corrected chi connectivity index (χ0v) is 56.0. The summed E-state index contributed by atoms with van der Waals surface area (Å²) in [6, 6.07) is 24.3. The smallest absolute Gasteiger partial charge is 0.408 e. The quantitative estimate of drug-likeness (QED) is 0.0140. The SMILES string of the molecule is COc1ccc(COC(=O)N[C@@H](CCCN=C(N)NS(=O)(=O)c2c(C)cc(C)cc2C)C(=O)N[C@@H](CCCCNC(=O)OCc2ccccc2)C(=O)N[C@@H](CSCc2ccc(OC)cc2)C(=O)N[C@@H](CCCN=C(N)NS(=O)(=O)c2c(C)cc(C)cc2C)C(N)=O)cc1. The van der Waals surface area contributed by atoms with Crippen LogP contribution in [0.4, 0.5) is 9.59 Å². The van der Waals surface area contributed by atoms with Crippen molar-refractivity contribution in [2.75, 3.05) is 39.6 Å². The molecule has 0 bridgehead atoms. The molecule has 4 atom stereocenters. The third-order valence-electron chi connectivity index (χ3n) is 14.3. The molecule has 0 saturated carbocycles. The van der Waals surface area contributed by atoms with Crippen LogP contribution in [0.3, 0.4) is 0 Å². The van der Waals surface area contributed by atoms with Crippen LogP contribution >= 0.6 is 11.8 Å². The summed E-state index contributed by atoms with van der Waals surface area (Å²) in [5.41, 5.74) is 23.9. The van der Waals surface area contributed by atoms with Gasteiger partial charge in [0.1, 0.15) is 48.9 Å². The van der Waals surface area contributed by atoms with E-state index < -0.39 is 91.9 Å². The first-order chi connectivity index (χ1) is 44.2. The monoisotopic (exact) mass is 1340 g/mol. The first kappa shape index (κ1) is 74.6. The molecule has 0 heterocycles. The van der Waals surface area contributed by atoms with Gasteiger partial charge in [0.2, 0.25) is 35.5 Å². The summed E-state index contributed by atoms with van der Waals surface area (Å²) in [5, 5.41) is 13.4.